The van der Waals surface area contributed by atoms with Gasteiger partial charge in [-0.05, 0) is 50.3 Å². The Labute approximate surface area is 172 Å². The number of carbonyl (C=O) groups is 1. The van der Waals surface area contributed by atoms with Crippen molar-refractivity contribution in [2.75, 3.05) is 55.6 Å². The van der Waals surface area contributed by atoms with E-state index < -0.39 is 0 Å². The van der Waals surface area contributed by atoms with E-state index >= 15 is 0 Å². The van der Waals surface area contributed by atoms with Gasteiger partial charge in [-0.3, -0.25) is 9.69 Å². The summed E-state index contributed by atoms with van der Waals surface area (Å²) in [5, 5.41) is 4.23. The maximum Gasteiger partial charge on any atom is 0.237 e. The molecular weight excluding hydrogens is 364 g/mol. The van der Waals surface area contributed by atoms with Crippen LogP contribution in [0.2, 0.25) is 0 Å². The van der Waals surface area contributed by atoms with Crippen molar-refractivity contribution >= 4 is 28.3 Å². The molecule has 0 spiro atoms. The molecule has 3 saturated heterocycles. The summed E-state index contributed by atoms with van der Waals surface area (Å²) in [6.45, 7) is 6.75. The number of carbonyl (C=O) groups excluding carboxylic acids is 1. The van der Waals surface area contributed by atoms with Gasteiger partial charge in [0.05, 0.1) is 11.6 Å². The molecule has 154 valence electrons. The fourth-order valence-corrected chi connectivity index (χ4v) is 4.97. The second-order valence-electron chi connectivity index (χ2n) is 8.42. The van der Waals surface area contributed by atoms with E-state index in [1.165, 1.54) is 18.5 Å². The molecule has 1 amide bonds. The van der Waals surface area contributed by atoms with E-state index in [2.05, 4.69) is 48.2 Å². The highest BCUT2D eigenvalue weighted by Crippen LogP contribution is 2.30. The second kappa shape index (κ2) is 8.14. The molecule has 4 heterocycles. The molecule has 1 atom stereocenters. The first-order valence-electron chi connectivity index (χ1n) is 11.1. The van der Waals surface area contributed by atoms with Gasteiger partial charge < -0.3 is 15.1 Å². The largest absolute Gasteiger partial charge is 0.369 e. The minimum Gasteiger partial charge on any atom is -0.369 e. The van der Waals surface area contributed by atoms with Crippen LogP contribution in [0.3, 0.4) is 0 Å². The first kappa shape index (κ1) is 18.6. The van der Waals surface area contributed by atoms with E-state index in [1.54, 1.807) is 6.33 Å². The highest BCUT2D eigenvalue weighted by atomic mass is 16.2. The zero-order valence-corrected chi connectivity index (χ0v) is 17.0. The number of fused-ring (bicyclic) bond motifs is 1. The smallest absolute Gasteiger partial charge is 0.237 e. The fraction of sp³-hybridized carbons (Fsp3) is 0.591. The number of rotatable bonds is 3. The molecule has 1 aromatic carbocycles. The lowest BCUT2D eigenvalue weighted by Crippen LogP contribution is -2.54. The number of nitrogens with zero attached hydrogens (tertiary/aromatic N) is 5. The van der Waals surface area contributed by atoms with Crippen molar-refractivity contribution in [2.24, 2.45) is 0 Å². The van der Waals surface area contributed by atoms with Crippen LogP contribution < -0.4 is 15.1 Å². The quantitative estimate of drug-likeness (QED) is 0.859. The predicted molar refractivity (Wildman–Crippen MR) is 115 cm³/mol. The lowest BCUT2D eigenvalue weighted by atomic mass is 10.1. The van der Waals surface area contributed by atoms with E-state index in [4.69, 9.17) is 0 Å². The van der Waals surface area contributed by atoms with E-state index in [-0.39, 0.29) is 11.9 Å². The molecule has 7 heteroatoms. The van der Waals surface area contributed by atoms with Crippen LogP contribution in [-0.4, -0.2) is 72.6 Å². The number of hydrogen-bond donors (Lipinski definition) is 1. The van der Waals surface area contributed by atoms with Crippen LogP contribution in [0.4, 0.5) is 11.5 Å². The maximum atomic E-state index is 12.4. The van der Waals surface area contributed by atoms with E-state index in [0.717, 1.165) is 81.8 Å². The van der Waals surface area contributed by atoms with Gasteiger partial charge in [-0.25, -0.2) is 9.97 Å². The van der Waals surface area contributed by atoms with Gasteiger partial charge in [-0.1, -0.05) is 0 Å². The van der Waals surface area contributed by atoms with Gasteiger partial charge in [0, 0.05) is 56.9 Å². The summed E-state index contributed by atoms with van der Waals surface area (Å²) in [7, 11) is 0. The zero-order valence-electron chi connectivity index (χ0n) is 17.0. The fourth-order valence-electron chi connectivity index (χ4n) is 4.97. The first-order chi connectivity index (χ1) is 14.3. The van der Waals surface area contributed by atoms with Crippen molar-refractivity contribution in [3.8, 4) is 0 Å². The third kappa shape index (κ3) is 3.75. The zero-order chi connectivity index (χ0) is 19.6. The van der Waals surface area contributed by atoms with Crippen molar-refractivity contribution in [1.82, 2.24) is 20.2 Å². The Bertz CT molecular complexity index is 873. The van der Waals surface area contributed by atoms with Gasteiger partial charge in [0.1, 0.15) is 12.1 Å². The topological polar surface area (TPSA) is 64.6 Å². The third-order valence-electron chi connectivity index (χ3n) is 6.63. The Kier molecular flexibility index (Phi) is 5.23. The Morgan fingerprint density at radius 1 is 0.897 bits per heavy atom. The van der Waals surface area contributed by atoms with Gasteiger partial charge in [-0.15, -0.1) is 0 Å². The van der Waals surface area contributed by atoms with Gasteiger partial charge >= 0.3 is 0 Å². The number of benzene rings is 1. The normalized spacial score (nSPS) is 24.0. The van der Waals surface area contributed by atoms with Crippen molar-refractivity contribution in [3.63, 3.8) is 0 Å². The molecule has 0 aliphatic carbocycles. The Morgan fingerprint density at radius 3 is 2.55 bits per heavy atom. The number of anilines is 2. The molecule has 3 aliphatic heterocycles. The summed E-state index contributed by atoms with van der Waals surface area (Å²) < 4.78 is 0. The SMILES string of the molecule is O=C1NCCCCC1N1CCN(c2ccc3ncnc(N4CCCC4)c3c2)CC1. The monoisotopic (exact) mass is 394 g/mol. The van der Waals surface area contributed by atoms with Gasteiger partial charge in [0.25, 0.3) is 0 Å². The molecule has 7 nitrogen and oxygen atoms in total. The van der Waals surface area contributed by atoms with E-state index in [9.17, 15) is 4.79 Å². The molecule has 1 unspecified atom stereocenters. The molecule has 3 fully saturated rings. The molecule has 0 radical (unpaired) electrons. The molecule has 1 N–H and O–H groups in total. The molecule has 29 heavy (non-hydrogen) atoms. The molecule has 1 aromatic heterocycles. The molecule has 5 rings (SSSR count). The highest BCUT2D eigenvalue weighted by Gasteiger charge is 2.30. The van der Waals surface area contributed by atoms with Crippen molar-refractivity contribution in [2.45, 2.75) is 38.1 Å². The van der Waals surface area contributed by atoms with Crippen LogP contribution >= 0.6 is 0 Å². The third-order valence-corrected chi connectivity index (χ3v) is 6.63. The van der Waals surface area contributed by atoms with Crippen LogP contribution in [0.5, 0.6) is 0 Å². The summed E-state index contributed by atoms with van der Waals surface area (Å²) in [5.74, 6) is 1.29. The summed E-state index contributed by atoms with van der Waals surface area (Å²) in [6, 6.07) is 6.61. The van der Waals surface area contributed by atoms with Crippen LogP contribution in [0, 0.1) is 0 Å². The summed E-state index contributed by atoms with van der Waals surface area (Å²) in [5.41, 5.74) is 2.25. The number of amides is 1. The number of aromatic nitrogens is 2. The van der Waals surface area contributed by atoms with Gasteiger partial charge in [0.15, 0.2) is 0 Å². The van der Waals surface area contributed by atoms with Gasteiger partial charge in [0.2, 0.25) is 5.91 Å². The Balaban J connectivity index is 1.33. The van der Waals surface area contributed by atoms with Crippen molar-refractivity contribution < 1.29 is 4.79 Å². The number of nitrogens with one attached hydrogen (secondary N) is 1. The summed E-state index contributed by atoms with van der Waals surface area (Å²) in [4.78, 5) is 28.7. The molecule has 2 aromatic rings. The van der Waals surface area contributed by atoms with E-state index in [1.807, 2.05) is 0 Å². The minimum atomic E-state index is 0.0476. The maximum absolute atomic E-state index is 12.4. The van der Waals surface area contributed by atoms with E-state index in [0.29, 0.717) is 0 Å². The second-order valence-corrected chi connectivity index (χ2v) is 8.42. The van der Waals surface area contributed by atoms with Gasteiger partial charge in [-0.2, -0.15) is 0 Å². The number of hydrogen-bond acceptors (Lipinski definition) is 6. The Hall–Kier alpha value is -2.41. The average molecular weight is 395 g/mol. The van der Waals surface area contributed by atoms with Crippen LogP contribution in [0.15, 0.2) is 24.5 Å². The minimum absolute atomic E-state index is 0.0476. The van der Waals surface area contributed by atoms with Crippen LogP contribution in [-0.2, 0) is 4.79 Å². The average Bonchev–Trinajstić information content (AvgIpc) is 3.22. The van der Waals surface area contributed by atoms with Crippen LogP contribution in [0.25, 0.3) is 10.9 Å². The summed E-state index contributed by atoms with van der Waals surface area (Å²) in [6.07, 6.45) is 7.38. The first-order valence-corrected chi connectivity index (χ1v) is 11.1. The Morgan fingerprint density at radius 2 is 1.72 bits per heavy atom. The molecule has 0 bridgehead atoms. The van der Waals surface area contributed by atoms with Crippen molar-refractivity contribution in [1.29, 1.82) is 0 Å². The van der Waals surface area contributed by atoms with Crippen LogP contribution in [0.1, 0.15) is 32.1 Å². The molecular formula is C22H30N6O. The van der Waals surface area contributed by atoms with Crippen molar-refractivity contribution in [3.05, 3.63) is 24.5 Å². The highest BCUT2D eigenvalue weighted by molar-refractivity contribution is 5.92. The number of piperazine rings is 1. The lowest BCUT2D eigenvalue weighted by Gasteiger charge is -2.39. The predicted octanol–water partition coefficient (Wildman–Crippen LogP) is 2.02. The molecule has 3 aliphatic rings. The summed E-state index contributed by atoms with van der Waals surface area (Å²) >= 11 is 0. The standard InChI is InChI=1S/C22H30N6O/c29-22-20(5-1-2-8-23-22)27-13-11-26(12-14-27)17-6-7-19-18(15-17)21(25-16-24-19)28-9-3-4-10-28/h6-7,15-16,20H,1-5,8-14H2,(H,23,29). The molecule has 0 saturated carbocycles. The lowest BCUT2D eigenvalue weighted by molar-refractivity contribution is -0.126.